The lowest BCUT2D eigenvalue weighted by molar-refractivity contribution is -0.118. The standard InChI is InChI=1S/C22H22N2OS/c1-16(14-17-8-4-2-5-9-17)19-15-23-21(26-19)24-20(25)22(12-13-22)18-10-6-3-7-11-18/h2-11,15-16H,12-14H2,1H3,(H,23,24,25). The van der Waals surface area contributed by atoms with E-state index >= 15 is 0 Å². The van der Waals surface area contributed by atoms with Crippen LogP contribution >= 0.6 is 11.3 Å². The maximum absolute atomic E-state index is 12.8. The molecule has 3 nitrogen and oxygen atoms in total. The molecule has 3 aromatic rings. The minimum atomic E-state index is -0.358. The molecule has 0 saturated heterocycles. The summed E-state index contributed by atoms with van der Waals surface area (Å²) < 4.78 is 0. The Morgan fingerprint density at radius 3 is 2.42 bits per heavy atom. The number of anilines is 1. The van der Waals surface area contributed by atoms with E-state index < -0.39 is 0 Å². The van der Waals surface area contributed by atoms with E-state index in [0.29, 0.717) is 11.0 Å². The quantitative estimate of drug-likeness (QED) is 0.658. The average molecular weight is 362 g/mol. The SMILES string of the molecule is CC(Cc1ccccc1)c1cnc(NC(=O)C2(c3ccccc3)CC2)s1. The van der Waals surface area contributed by atoms with Crippen molar-refractivity contribution in [2.75, 3.05) is 5.32 Å². The molecule has 1 aliphatic carbocycles. The van der Waals surface area contributed by atoms with Gasteiger partial charge in [-0.05, 0) is 36.3 Å². The van der Waals surface area contributed by atoms with Crippen molar-refractivity contribution in [3.05, 3.63) is 82.9 Å². The van der Waals surface area contributed by atoms with Crippen LogP contribution in [0.2, 0.25) is 0 Å². The van der Waals surface area contributed by atoms with E-state index in [1.807, 2.05) is 42.6 Å². The number of hydrogen-bond donors (Lipinski definition) is 1. The summed E-state index contributed by atoms with van der Waals surface area (Å²) in [6.45, 7) is 2.21. The summed E-state index contributed by atoms with van der Waals surface area (Å²) >= 11 is 1.58. The van der Waals surface area contributed by atoms with Crippen LogP contribution in [0.5, 0.6) is 0 Å². The minimum Gasteiger partial charge on any atom is -0.301 e. The van der Waals surface area contributed by atoms with Gasteiger partial charge in [0.25, 0.3) is 0 Å². The molecule has 1 unspecified atom stereocenters. The monoisotopic (exact) mass is 362 g/mol. The molecule has 0 spiro atoms. The van der Waals surface area contributed by atoms with E-state index in [9.17, 15) is 4.79 Å². The molecule has 132 valence electrons. The third-order valence-corrected chi connectivity index (χ3v) is 6.27. The van der Waals surface area contributed by atoms with Crippen LogP contribution in [0.15, 0.2) is 66.9 Å². The maximum atomic E-state index is 12.8. The highest BCUT2D eigenvalue weighted by atomic mass is 32.1. The van der Waals surface area contributed by atoms with Gasteiger partial charge in [0.2, 0.25) is 5.91 Å². The van der Waals surface area contributed by atoms with Gasteiger partial charge in [-0.3, -0.25) is 4.79 Å². The number of amides is 1. The fraction of sp³-hybridized carbons (Fsp3) is 0.273. The van der Waals surface area contributed by atoms with E-state index in [1.165, 1.54) is 10.4 Å². The lowest BCUT2D eigenvalue weighted by atomic mass is 9.95. The second-order valence-electron chi connectivity index (χ2n) is 7.06. The lowest BCUT2D eigenvalue weighted by Gasteiger charge is -2.14. The average Bonchev–Trinajstić information content (AvgIpc) is 3.36. The fourth-order valence-electron chi connectivity index (χ4n) is 3.39. The molecule has 1 fully saturated rings. The number of nitrogens with one attached hydrogen (secondary N) is 1. The first-order valence-corrected chi connectivity index (χ1v) is 9.86. The van der Waals surface area contributed by atoms with Crippen LogP contribution in [0.3, 0.4) is 0 Å². The zero-order valence-corrected chi connectivity index (χ0v) is 15.6. The van der Waals surface area contributed by atoms with Crippen LogP contribution in [0, 0.1) is 0 Å². The summed E-state index contributed by atoms with van der Waals surface area (Å²) in [7, 11) is 0. The van der Waals surface area contributed by atoms with Crippen molar-refractivity contribution < 1.29 is 4.79 Å². The molecular formula is C22H22N2OS. The zero-order chi connectivity index (χ0) is 18.0. The van der Waals surface area contributed by atoms with Crippen LogP contribution < -0.4 is 5.32 Å². The predicted molar refractivity (Wildman–Crippen MR) is 107 cm³/mol. The van der Waals surface area contributed by atoms with Gasteiger partial charge in [-0.15, -0.1) is 11.3 Å². The van der Waals surface area contributed by atoms with Gasteiger partial charge in [0.15, 0.2) is 5.13 Å². The van der Waals surface area contributed by atoms with E-state index in [0.717, 1.165) is 24.8 Å². The van der Waals surface area contributed by atoms with Gasteiger partial charge in [-0.2, -0.15) is 0 Å². The van der Waals surface area contributed by atoms with Gasteiger partial charge in [-0.1, -0.05) is 67.6 Å². The van der Waals surface area contributed by atoms with E-state index in [4.69, 9.17) is 0 Å². The Bertz CT molecular complexity index is 885. The van der Waals surface area contributed by atoms with Crippen LogP contribution in [0.1, 0.15) is 41.7 Å². The molecule has 4 heteroatoms. The third kappa shape index (κ3) is 3.42. The Hall–Kier alpha value is -2.46. The van der Waals surface area contributed by atoms with Crippen LogP contribution in [0.4, 0.5) is 5.13 Å². The van der Waals surface area contributed by atoms with Crippen molar-refractivity contribution in [1.29, 1.82) is 0 Å². The number of nitrogens with zero attached hydrogens (tertiary/aromatic N) is 1. The first-order valence-electron chi connectivity index (χ1n) is 9.04. The molecule has 1 amide bonds. The Morgan fingerprint density at radius 2 is 1.77 bits per heavy atom. The highest BCUT2D eigenvalue weighted by Gasteiger charge is 2.51. The van der Waals surface area contributed by atoms with Crippen molar-refractivity contribution in [2.45, 2.75) is 37.5 Å². The molecule has 1 saturated carbocycles. The Labute approximate surface area is 158 Å². The second kappa shape index (κ2) is 7.04. The van der Waals surface area contributed by atoms with Gasteiger partial charge in [0, 0.05) is 11.1 Å². The largest absolute Gasteiger partial charge is 0.301 e. The van der Waals surface area contributed by atoms with Gasteiger partial charge in [-0.25, -0.2) is 4.98 Å². The highest BCUT2D eigenvalue weighted by Crippen LogP contribution is 2.49. The normalized spacial score (nSPS) is 16.0. The molecule has 1 aromatic heterocycles. The molecular weight excluding hydrogens is 340 g/mol. The van der Waals surface area contributed by atoms with Gasteiger partial charge in [0.1, 0.15) is 0 Å². The summed E-state index contributed by atoms with van der Waals surface area (Å²) in [4.78, 5) is 18.5. The van der Waals surface area contributed by atoms with Crippen molar-refractivity contribution in [2.24, 2.45) is 0 Å². The first kappa shape index (κ1) is 17.0. The number of thiazole rings is 1. The summed E-state index contributed by atoms with van der Waals surface area (Å²) in [5, 5.41) is 3.75. The molecule has 1 atom stereocenters. The molecule has 0 aliphatic heterocycles. The molecule has 1 heterocycles. The van der Waals surface area contributed by atoms with Gasteiger partial charge < -0.3 is 5.32 Å². The molecule has 0 radical (unpaired) electrons. The van der Waals surface area contributed by atoms with Gasteiger partial charge in [0.05, 0.1) is 5.41 Å². The van der Waals surface area contributed by atoms with Crippen LogP contribution in [-0.2, 0) is 16.6 Å². The molecule has 4 rings (SSSR count). The maximum Gasteiger partial charge on any atom is 0.236 e. The van der Waals surface area contributed by atoms with Crippen molar-refractivity contribution in [1.82, 2.24) is 4.98 Å². The first-order chi connectivity index (χ1) is 12.7. The van der Waals surface area contributed by atoms with Crippen LogP contribution in [0.25, 0.3) is 0 Å². The topological polar surface area (TPSA) is 42.0 Å². The number of rotatable bonds is 6. The third-order valence-electron chi connectivity index (χ3n) is 5.13. The Morgan fingerprint density at radius 1 is 1.12 bits per heavy atom. The zero-order valence-electron chi connectivity index (χ0n) is 14.8. The molecule has 1 aliphatic rings. The number of hydrogen-bond acceptors (Lipinski definition) is 3. The van der Waals surface area contributed by atoms with E-state index in [1.54, 1.807) is 11.3 Å². The summed E-state index contributed by atoms with van der Waals surface area (Å²) in [5.41, 5.74) is 2.06. The number of carbonyl (C=O) groups excluding carboxylic acids is 1. The molecule has 0 bridgehead atoms. The second-order valence-corrected chi connectivity index (χ2v) is 8.12. The minimum absolute atomic E-state index is 0.0697. The lowest BCUT2D eigenvalue weighted by Crippen LogP contribution is -2.27. The van der Waals surface area contributed by atoms with Crippen molar-refractivity contribution in [3.63, 3.8) is 0 Å². The summed E-state index contributed by atoms with van der Waals surface area (Å²) in [6, 6.07) is 20.5. The Kier molecular flexibility index (Phi) is 4.60. The Balaban J connectivity index is 1.43. The molecule has 2 aromatic carbocycles. The molecule has 26 heavy (non-hydrogen) atoms. The van der Waals surface area contributed by atoms with E-state index in [-0.39, 0.29) is 11.3 Å². The number of aromatic nitrogens is 1. The van der Waals surface area contributed by atoms with Gasteiger partial charge >= 0.3 is 0 Å². The van der Waals surface area contributed by atoms with Crippen molar-refractivity contribution >= 4 is 22.4 Å². The highest BCUT2D eigenvalue weighted by molar-refractivity contribution is 7.15. The predicted octanol–water partition coefficient (Wildman–Crippen LogP) is 5.16. The van der Waals surface area contributed by atoms with E-state index in [2.05, 4.69) is 41.5 Å². The smallest absolute Gasteiger partial charge is 0.236 e. The summed E-state index contributed by atoms with van der Waals surface area (Å²) in [5.74, 6) is 0.449. The fourth-order valence-corrected chi connectivity index (χ4v) is 4.25. The summed E-state index contributed by atoms with van der Waals surface area (Å²) in [6.07, 6.45) is 4.69. The molecule has 1 N–H and O–H groups in total. The number of benzene rings is 2. The van der Waals surface area contributed by atoms with Crippen LogP contribution in [-0.4, -0.2) is 10.9 Å². The van der Waals surface area contributed by atoms with Crippen molar-refractivity contribution in [3.8, 4) is 0 Å². The number of carbonyl (C=O) groups is 1.